The highest BCUT2D eigenvalue weighted by atomic mass is 32.1. The van der Waals surface area contributed by atoms with Crippen molar-refractivity contribution in [1.29, 1.82) is 0 Å². The first-order valence-electron chi connectivity index (χ1n) is 6.14. The van der Waals surface area contributed by atoms with E-state index >= 15 is 0 Å². The summed E-state index contributed by atoms with van der Waals surface area (Å²) in [5.41, 5.74) is -0.0388. The summed E-state index contributed by atoms with van der Waals surface area (Å²) in [6, 6.07) is 22.1. The minimum absolute atomic E-state index is 0. The number of phenols is 1. The fraction of sp³-hybridized carbons (Fsp3) is 0. The maximum atomic E-state index is 10.9. The summed E-state index contributed by atoms with van der Waals surface area (Å²) in [5, 5.41) is 19.7. The van der Waals surface area contributed by atoms with Crippen molar-refractivity contribution in [2.45, 2.75) is 0 Å². The standard InChI is InChI=1S/C11H8O3.C6H6.H2S/c12-9-6-5-7-3-1-2-4-8(7)10(9)11(13)14;1-2-4-6-5-3-1;/h1-6,12H,(H,13,14);1-6H;1H2. The van der Waals surface area contributed by atoms with Gasteiger partial charge in [-0.3, -0.25) is 0 Å². The lowest BCUT2D eigenvalue weighted by Crippen LogP contribution is -1.97. The monoisotopic (exact) mass is 300 g/mol. The molecule has 108 valence electrons. The van der Waals surface area contributed by atoms with Crippen LogP contribution in [0, 0.1) is 0 Å². The smallest absolute Gasteiger partial charge is 0.340 e. The normalized spacial score (nSPS) is 9.14. The number of hydrogen-bond donors (Lipinski definition) is 2. The predicted octanol–water partition coefficient (Wildman–Crippen LogP) is 4.04. The molecule has 0 saturated heterocycles. The number of aromatic hydroxyl groups is 1. The van der Waals surface area contributed by atoms with Crippen LogP contribution in [0.2, 0.25) is 0 Å². The molecule has 0 radical (unpaired) electrons. The van der Waals surface area contributed by atoms with Gasteiger partial charge in [-0.1, -0.05) is 66.7 Å². The first-order chi connectivity index (χ1) is 9.70. The van der Waals surface area contributed by atoms with Crippen molar-refractivity contribution in [2.24, 2.45) is 0 Å². The van der Waals surface area contributed by atoms with Crippen molar-refractivity contribution in [3.63, 3.8) is 0 Å². The highest BCUT2D eigenvalue weighted by Gasteiger charge is 2.12. The maximum Gasteiger partial charge on any atom is 0.340 e. The Kier molecular flexibility index (Phi) is 6.30. The van der Waals surface area contributed by atoms with Crippen LogP contribution in [0.5, 0.6) is 5.75 Å². The molecule has 3 rings (SSSR count). The van der Waals surface area contributed by atoms with E-state index in [4.69, 9.17) is 5.11 Å². The molecule has 0 aliphatic rings. The molecule has 0 heterocycles. The first kappa shape index (κ1) is 16.6. The van der Waals surface area contributed by atoms with Gasteiger partial charge in [-0.2, -0.15) is 13.5 Å². The predicted molar refractivity (Wildman–Crippen MR) is 89.4 cm³/mol. The lowest BCUT2D eigenvalue weighted by atomic mass is 10.0. The molecule has 0 saturated carbocycles. The molecule has 0 aliphatic carbocycles. The molecule has 0 spiro atoms. The third-order valence-corrected chi connectivity index (χ3v) is 2.79. The molecule has 0 unspecified atom stereocenters. The molecule has 0 bridgehead atoms. The number of carboxylic acid groups (broad SMARTS) is 1. The van der Waals surface area contributed by atoms with Crippen LogP contribution in [0.3, 0.4) is 0 Å². The Morgan fingerprint density at radius 2 is 1.29 bits per heavy atom. The zero-order valence-electron chi connectivity index (χ0n) is 11.2. The van der Waals surface area contributed by atoms with Gasteiger partial charge in [0.15, 0.2) is 0 Å². The molecule has 3 aromatic rings. The number of fused-ring (bicyclic) bond motifs is 1. The van der Waals surface area contributed by atoms with E-state index in [1.165, 1.54) is 6.07 Å². The third-order valence-electron chi connectivity index (χ3n) is 2.79. The van der Waals surface area contributed by atoms with Crippen LogP contribution in [-0.4, -0.2) is 16.2 Å². The number of carbonyl (C=O) groups is 1. The average Bonchev–Trinajstić information content (AvgIpc) is 2.49. The van der Waals surface area contributed by atoms with Gasteiger partial charge in [0.25, 0.3) is 0 Å². The Morgan fingerprint density at radius 3 is 1.81 bits per heavy atom. The van der Waals surface area contributed by atoms with Crippen molar-refractivity contribution in [2.75, 3.05) is 0 Å². The molecule has 2 N–H and O–H groups in total. The van der Waals surface area contributed by atoms with Gasteiger partial charge in [-0.15, -0.1) is 0 Å². The average molecular weight is 300 g/mol. The summed E-state index contributed by atoms with van der Waals surface area (Å²) < 4.78 is 0. The maximum absolute atomic E-state index is 10.9. The molecule has 0 aliphatic heterocycles. The summed E-state index contributed by atoms with van der Waals surface area (Å²) in [6.45, 7) is 0. The Labute approximate surface area is 129 Å². The van der Waals surface area contributed by atoms with Crippen LogP contribution < -0.4 is 0 Å². The van der Waals surface area contributed by atoms with Gasteiger partial charge in [-0.05, 0) is 16.8 Å². The lowest BCUT2D eigenvalue weighted by Gasteiger charge is -2.03. The van der Waals surface area contributed by atoms with Crippen molar-refractivity contribution in [3.8, 4) is 5.75 Å². The zero-order valence-corrected chi connectivity index (χ0v) is 12.2. The quantitative estimate of drug-likeness (QED) is 0.713. The van der Waals surface area contributed by atoms with E-state index in [0.717, 1.165) is 5.39 Å². The fourth-order valence-electron chi connectivity index (χ4n) is 1.87. The molecule has 0 atom stereocenters. The molecule has 0 fully saturated rings. The van der Waals surface area contributed by atoms with Gasteiger partial charge in [-0.25, -0.2) is 4.79 Å². The second-order valence-corrected chi connectivity index (χ2v) is 4.14. The number of hydrogen-bond acceptors (Lipinski definition) is 2. The van der Waals surface area contributed by atoms with Crippen molar-refractivity contribution in [3.05, 3.63) is 78.4 Å². The zero-order chi connectivity index (χ0) is 14.4. The second-order valence-electron chi connectivity index (χ2n) is 4.14. The van der Waals surface area contributed by atoms with E-state index in [1.807, 2.05) is 42.5 Å². The molecule has 3 nitrogen and oxygen atoms in total. The molecular weight excluding hydrogens is 284 g/mol. The summed E-state index contributed by atoms with van der Waals surface area (Å²) >= 11 is 0. The van der Waals surface area contributed by atoms with Gasteiger partial charge >= 0.3 is 5.97 Å². The highest BCUT2D eigenvalue weighted by molar-refractivity contribution is 7.59. The first-order valence-corrected chi connectivity index (χ1v) is 6.14. The molecule has 21 heavy (non-hydrogen) atoms. The van der Waals surface area contributed by atoms with Gasteiger partial charge in [0, 0.05) is 0 Å². The van der Waals surface area contributed by atoms with E-state index in [9.17, 15) is 9.90 Å². The lowest BCUT2D eigenvalue weighted by molar-refractivity contribution is 0.0696. The Morgan fingerprint density at radius 1 is 0.762 bits per heavy atom. The third kappa shape index (κ3) is 4.26. The van der Waals surface area contributed by atoms with Crippen LogP contribution in [-0.2, 0) is 0 Å². The van der Waals surface area contributed by atoms with Crippen LogP contribution in [0.1, 0.15) is 10.4 Å². The largest absolute Gasteiger partial charge is 0.507 e. The SMILES string of the molecule is O=C(O)c1c(O)ccc2ccccc12.S.c1ccccc1. The minimum Gasteiger partial charge on any atom is -0.507 e. The summed E-state index contributed by atoms with van der Waals surface area (Å²) in [7, 11) is 0. The van der Waals surface area contributed by atoms with E-state index in [-0.39, 0.29) is 24.8 Å². The van der Waals surface area contributed by atoms with Gasteiger partial charge in [0.1, 0.15) is 11.3 Å². The minimum atomic E-state index is -1.11. The molecule has 0 amide bonds. The van der Waals surface area contributed by atoms with Crippen LogP contribution >= 0.6 is 13.5 Å². The molecule has 4 heteroatoms. The van der Waals surface area contributed by atoms with Crippen molar-refractivity contribution < 1.29 is 15.0 Å². The highest BCUT2D eigenvalue weighted by Crippen LogP contribution is 2.26. The van der Waals surface area contributed by atoms with Gasteiger partial charge in [0.2, 0.25) is 0 Å². The molecular formula is C17H16O3S. The summed E-state index contributed by atoms with van der Waals surface area (Å²) in [4.78, 5) is 10.9. The van der Waals surface area contributed by atoms with Gasteiger partial charge < -0.3 is 10.2 Å². The summed E-state index contributed by atoms with van der Waals surface area (Å²) in [5.74, 6) is -1.31. The van der Waals surface area contributed by atoms with E-state index < -0.39 is 5.97 Å². The molecule has 0 aromatic heterocycles. The van der Waals surface area contributed by atoms with Crippen molar-refractivity contribution in [1.82, 2.24) is 0 Å². The number of aromatic carboxylic acids is 1. The molecule has 3 aromatic carbocycles. The van der Waals surface area contributed by atoms with Crippen molar-refractivity contribution >= 4 is 30.2 Å². The second kappa shape index (κ2) is 7.97. The summed E-state index contributed by atoms with van der Waals surface area (Å²) in [6.07, 6.45) is 0. The Balaban J connectivity index is 0.000000267. The van der Waals surface area contributed by atoms with E-state index in [0.29, 0.717) is 5.39 Å². The Hall–Kier alpha value is -2.46. The Bertz CT molecular complexity index is 685. The van der Waals surface area contributed by atoms with Gasteiger partial charge in [0.05, 0.1) is 0 Å². The van der Waals surface area contributed by atoms with E-state index in [1.54, 1.807) is 24.3 Å². The number of carboxylic acids is 1. The fourth-order valence-corrected chi connectivity index (χ4v) is 1.87. The number of rotatable bonds is 1. The van der Waals surface area contributed by atoms with Crippen LogP contribution in [0.15, 0.2) is 72.8 Å². The number of benzene rings is 3. The van der Waals surface area contributed by atoms with Crippen LogP contribution in [0.4, 0.5) is 0 Å². The topological polar surface area (TPSA) is 57.5 Å². The van der Waals surface area contributed by atoms with Crippen LogP contribution in [0.25, 0.3) is 10.8 Å². The van der Waals surface area contributed by atoms with E-state index in [2.05, 4.69) is 0 Å².